The van der Waals surface area contributed by atoms with Crippen molar-refractivity contribution in [2.45, 2.75) is 27.4 Å². The van der Waals surface area contributed by atoms with E-state index in [0.29, 0.717) is 33.8 Å². The molecular formula is C31H27BrN2O3. The molecule has 4 aromatic carbocycles. The third kappa shape index (κ3) is 5.84. The fourth-order valence-electron chi connectivity index (χ4n) is 4.08. The SMILES string of the molecule is COc1cc(/C=C(\C#N)C(=O)Nc2ccc(C)c(C)c2)cc(Br)c1OCc1c(C)ccc2ccccc12. The molecule has 0 aliphatic carbocycles. The summed E-state index contributed by atoms with van der Waals surface area (Å²) in [7, 11) is 1.56. The molecule has 6 heteroatoms. The second-order valence-electron chi connectivity index (χ2n) is 8.83. The Morgan fingerprint density at radius 3 is 2.49 bits per heavy atom. The van der Waals surface area contributed by atoms with Crippen molar-refractivity contribution in [2.75, 3.05) is 12.4 Å². The van der Waals surface area contributed by atoms with Gasteiger partial charge in [0.15, 0.2) is 11.5 Å². The van der Waals surface area contributed by atoms with E-state index in [1.807, 2.05) is 50.2 Å². The molecular weight excluding hydrogens is 528 g/mol. The van der Waals surface area contributed by atoms with Crippen molar-refractivity contribution in [2.24, 2.45) is 0 Å². The Hall–Kier alpha value is -4.08. The number of nitriles is 1. The van der Waals surface area contributed by atoms with Crippen molar-refractivity contribution in [1.29, 1.82) is 5.26 Å². The predicted molar refractivity (Wildman–Crippen MR) is 152 cm³/mol. The lowest BCUT2D eigenvalue weighted by atomic mass is 10.0. The van der Waals surface area contributed by atoms with Crippen LogP contribution in [0.25, 0.3) is 16.8 Å². The highest BCUT2D eigenvalue weighted by Crippen LogP contribution is 2.38. The largest absolute Gasteiger partial charge is 0.493 e. The zero-order valence-corrected chi connectivity index (χ0v) is 22.8. The molecule has 5 nitrogen and oxygen atoms in total. The summed E-state index contributed by atoms with van der Waals surface area (Å²) in [4.78, 5) is 12.8. The van der Waals surface area contributed by atoms with E-state index in [9.17, 15) is 10.1 Å². The van der Waals surface area contributed by atoms with Gasteiger partial charge in [-0.2, -0.15) is 5.26 Å². The van der Waals surface area contributed by atoms with Crippen LogP contribution >= 0.6 is 15.9 Å². The van der Waals surface area contributed by atoms with Crippen LogP contribution in [0, 0.1) is 32.1 Å². The first-order chi connectivity index (χ1) is 17.8. The number of hydrogen-bond donors (Lipinski definition) is 1. The number of hydrogen-bond acceptors (Lipinski definition) is 4. The highest BCUT2D eigenvalue weighted by atomic mass is 79.9. The summed E-state index contributed by atoms with van der Waals surface area (Å²) in [6.07, 6.45) is 1.53. The second kappa shape index (κ2) is 11.3. The number of rotatable bonds is 7. The number of carbonyl (C=O) groups is 1. The maximum atomic E-state index is 12.8. The molecule has 0 saturated carbocycles. The number of anilines is 1. The third-order valence-electron chi connectivity index (χ3n) is 6.33. The fourth-order valence-corrected chi connectivity index (χ4v) is 4.65. The molecule has 37 heavy (non-hydrogen) atoms. The molecule has 0 atom stereocenters. The van der Waals surface area contributed by atoms with Crippen molar-refractivity contribution in [3.8, 4) is 17.6 Å². The fraction of sp³-hybridized carbons (Fsp3) is 0.161. The van der Waals surface area contributed by atoms with E-state index in [1.54, 1.807) is 19.2 Å². The van der Waals surface area contributed by atoms with Gasteiger partial charge in [-0.15, -0.1) is 0 Å². The summed E-state index contributed by atoms with van der Waals surface area (Å²) < 4.78 is 12.5. The van der Waals surface area contributed by atoms with Gasteiger partial charge in [-0.3, -0.25) is 4.79 Å². The van der Waals surface area contributed by atoms with Gasteiger partial charge in [0.1, 0.15) is 18.2 Å². The summed E-state index contributed by atoms with van der Waals surface area (Å²) in [5.74, 6) is 0.558. The second-order valence-corrected chi connectivity index (χ2v) is 9.68. The van der Waals surface area contributed by atoms with Crippen molar-refractivity contribution in [1.82, 2.24) is 0 Å². The Labute approximate surface area is 225 Å². The van der Waals surface area contributed by atoms with Gasteiger partial charge < -0.3 is 14.8 Å². The van der Waals surface area contributed by atoms with Crippen LogP contribution in [0.5, 0.6) is 11.5 Å². The summed E-state index contributed by atoms with van der Waals surface area (Å²) >= 11 is 3.58. The number of ether oxygens (including phenoxy) is 2. The Balaban J connectivity index is 1.59. The van der Waals surface area contributed by atoms with Gasteiger partial charge in [0, 0.05) is 11.3 Å². The van der Waals surface area contributed by atoms with Crippen molar-refractivity contribution in [3.63, 3.8) is 0 Å². The van der Waals surface area contributed by atoms with Gasteiger partial charge in [0.25, 0.3) is 5.91 Å². The van der Waals surface area contributed by atoms with Crippen LogP contribution in [0.2, 0.25) is 0 Å². The van der Waals surface area contributed by atoms with Gasteiger partial charge in [-0.25, -0.2) is 0 Å². The molecule has 0 saturated heterocycles. The average Bonchev–Trinajstić information content (AvgIpc) is 2.89. The molecule has 4 rings (SSSR count). The van der Waals surface area contributed by atoms with Gasteiger partial charge in [0.2, 0.25) is 0 Å². The first kappa shape index (κ1) is 26.0. The molecule has 0 fully saturated rings. The summed E-state index contributed by atoms with van der Waals surface area (Å²) in [5, 5.41) is 14.8. The van der Waals surface area contributed by atoms with Crippen LogP contribution in [0.1, 0.15) is 27.8 Å². The molecule has 0 radical (unpaired) electrons. The summed E-state index contributed by atoms with van der Waals surface area (Å²) in [5.41, 5.74) is 5.68. The Kier molecular flexibility index (Phi) is 7.95. The van der Waals surface area contributed by atoms with E-state index in [-0.39, 0.29) is 5.57 Å². The highest BCUT2D eigenvalue weighted by molar-refractivity contribution is 9.10. The molecule has 0 spiro atoms. The zero-order valence-electron chi connectivity index (χ0n) is 21.2. The number of methoxy groups -OCH3 is 1. The number of carbonyl (C=O) groups excluding carboxylic acids is 1. The van der Waals surface area contributed by atoms with Crippen molar-refractivity contribution < 1.29 is 14.3 Å². The minimum absolute atomic E-state index is 0.0211. The summed E-state index contributed by atoms with van der Waals surface area (Å²) in [6.45, 7) is 6.40. The average molecular weight is 555 g/mol. The first-order valence-electron chi connectivity index (χ1n) is 11.8. The topological polar surface area (TPSA) is 71.3 Å². The number of benzene rings is 4. The number of amides is 1. The van der Waals surface area contributed by atoms with E-state index in [4.69, 9.17) is 9.47 Å². The van der Waals surface area contributed by atoms with E-state index in [1.165, 1.54) is 6.08 Å². The van der Waals surface area contributed by atoms with Crippen LogP contribution in [0.15, 0.2) is 76.8 Å². The third-order valence-corrected chi connectivity index (χ3v) is 6.92. The van der Waals surface area contributed by atoms with Gasteiger partial charge in [-0.05, 0) is 100 Å². The van der Waals surface area contributed by atoms with Gasteiger partial charge >= 0.3 is 0 Å². The highest BCUT2D eigenvalue weighted by Gasteiger charge is 2.15. The Bertz CT molecular complexity index is 1570. The van der Waals surface area contributed by atoms with E-state index >= 15 is 0 Å². The van der Waals surface area contributed by atoms with Crippen LogP contribution in [-0.2, 0) is 11.4 Å². The molecule has 0 heterocycles. The molecule has 0 aromatic heterocycles. The lowest BCUT2D eigenvalue weighted by molar-refractivity contribution is -0.112. The maximum Gasteiger partial charge on any atom is 0.266 e. The summed E-state index contributed by atoms with van der Waals surface area (Å²) in [6, 6.07) is 23.6. The first-order valence-corrected chi connectivity index (χ1v) is 12.6. The smallest absolute Gasteiger partial charge is 0.266 e. The van der Waals surface area contributed by atoms with Gasteiger partial charge in [0.05, 0.1) is 11.6 Å². The Morgan fingerprint density at radius 1 is 1.00 bits per heavy atom. The number of nitrogens with zero attached hydrogens (tertiary/aromatic N) is 1. The van der Waals surface area contributed by atoms with Crippen LogP contribution in [-0.4, -0.2) is 13.0 Å². The van der Waals surface area contributed by atoms with Crippen LogP contribution in [0.4, 0.5) is 5.69 Å². The molecule has 1 amide bonds. The minimum atomic E-state index is -0.479. The Morgan fingerprint density at radius 2 is 1.76 bits per heavy atom. The van der Waals surface area contributed by atoms with E-state index < -0.39 is 5.91 Å². The normalized spacial score (nSPS) is 11.2. The zero-order chi connectivity index (χ0) is 26.5. The molecule has 0 bridgehead atoms. The minimum Gasteiger partial charge on any atom is -0.493 e. The quantitative estimate of drug-likeness (QED) is 0.188. The molecule has 0 aliphatic rings. The lowest BCUT2D eigenvalue weighted by Gasteiger charge is -2.16. The molecule has 0 unspecified atom stereocenters. The van der Waals surface area contributed by atoms with Crippen LogP contribution in [0.3, 0.4) is 0 Å². The maximum absolute atomic E-state index is 12.8. The molecule has 186 valence electrons. The molecule has 0 aliphatic heterocycles. The van der Waals surface area contributed by atoms with Crippen molar-refractivity contribution >= 4 is 44.4 Å². The standard InChI is InChI=1S/C31H27BrN2O3/c1-19-10-12-25(13-21(19)3)34-31(35)24(17-33)14-22-15-28(32)30(29(16-22)36-4)37-18-27-20(2)9-11-23-7-5-6-8-26(23)27/h5-16H,18H2,1-4H3,(H,34,35)/b24-14+. The molecule has 4 aromatic rings. The number of aryl methyl sites for hydroxylation is 3. The van der Waals surface area contributed by atoms with E-state index in [2.05, 4.69) is 52.4 Å². The number of nitrogens with one attached hydrogen (secondary N) is 1. The van der Waals surface area contributed by atoms with E-state index in [0.717, 1.165) is 33.0 Å². The lowest BCUT2D eigenvalue weighted by Crippen LogP contribution is -2.13. The number of fused-ring (bicyclic) bond motifs is 1. The van der Waals surface area contributed by atoms with Crippen LogP contribution < -0.4 is 14.8 Å². The van der Waals surface area contributed by atoms with Crippen molar-refractivity contribution in [3.05, 3.63) is 105 Å². The predicted octanol–water partition coefficient (Wildman–Crippen LogP) is 7.66. The molecule has 1 N–H and O–H groups in total. The number of halogens is 1. The van der Waals surface area contributed by atoms with Gasteiger partial charge in [-0.1, -0.05) is 42.5 Å². The monoisotopic (exact) mass is 554 g/mol.